The van der Waals surface area contributed by atoms with Gasteiger partial charge >= 0.3 is 6.03 Å². The summed E-state index contributed by atoms with van der Waals surface area (Å²) in [4.78, 5) is 13.5. The number of amides is 2. The predicted molar refractivity (Wildman–Crippen MR) is 76.3 cm³/mol. The quantitative estimate of drug-likeness (QED) is 0.854. The number of urea groups is 1. The van der Waals surface area contributed by atoms with E-state index in [2.05, 4.69) is 5.32 Å². The van der Waals surface area contributed by atoms with Crippen molar-refractivity contribution in [3.63, 3.8) is 0 Å². The molecule has 1 aliphatic rings. The van der Waals surface area contributed by atoms with Gasteiger partial charge in [0, 0.05) is 19.6 Å². The molecule has 1 fully saturated rings. The SMILES string of the molecule is NS(=O)(=O)CC1CCN(C(=O)NCc2ccc(F)cc2)C1. The summed E-state index contributed by atoms with van der Waals surface area (Å²) in [5.74, 6) is -0.540. The van der Waals surface area contributed by atoms with Crippen LogP contribution in [-0.2, 0) is 16.6 Å². The molecule has 6 nitrogen and oxygen atoms in total. The largest absolute Gasteiger partial charge is 0.334 e. The van der Waals surface area contributed by atoms with Crippen LogP contribution < -0.4 is 10.5 Å². The van der Waals surface area contributed by atoms with Crippen LogP contribution in [0.2, 0.25) is 0 Å². The number of halogens is 1. The van der Waals surface area contributed by atoms with Crippen LogP contribution in [0.1, 0.15) is 12.0 Å². The minimum absolute atomic E-state index is 0.102. The van der Waals surface area contributed by atoms with E-state index in [-0.39, 0.29) is 23.5 Å². The molecule has 0 aromatic heterocycles. The summed E-state index contributed by atoms with van der Waals surface area (Å²) in [5.41, 5.74) is 0.796. The molecule has 21 heavy (non-hydrogen) atoms. The summed E-state index contributed by atoms with van der Waals surface area (Å²) < 4.78 is 34.8. The maximum absolute atomic E-state index is 12.8. The first kappa shape index (κ1) is 15.7. The number of sulfonamides is 1. The third-order valence-electron chi connectivity index (χ3n) is 3.40. The highest BCUT2D eigenvalue weighted by Gasteiger charge is 2.28. The van der Waals surface area contributed by atoms with E-state index >= 15 is 0 Å². The van der Waals surface area contributed by atoms with Gasteiger partial charge < -0.3 is 10.2 Å². The van der Waals surface area contributed by atoms with E-state index in [1.165, 1.54) is 12.1 Å². The Balaban J connectivity index is 1.80. The van der Waals surface area contributed by atoms with E-state index in [1.807, 2.05) is 0 Å². The van der Waals surface area contributed by atoms with Gasteiger partial charge in [-0.15, -0.1) is 0 Å². The van der Waals surface area contributed by atoms with Crippen molar-refractivity contribution in [2.24, 2.45) is 11.1 Å². The molecular formula is C13H18FN3O3S. The molecular weight excluding hydrogens is 297 g/mol. The highest BCUT2D eigenvalue weighted by atomic mass is 32.2. The minimum atomic E-state index is -3.51. The molecule has 1 aromatic rings. The van der Waals surface area contributed by atoms with Crippen LogP contribution in [0.15, 0.2) is 24.3 Å². The molecule has 0 bridgehead atoms. The van der Waals surface area contributed by atoms with Crippen LogP contribution in [-0.4, -0.2) is 38.2 Å². The minimum Gasteiger partial charge on any atom is -0.334 e. The molecule has 1 aromatic carbocycles. The molecule has 1 aliphatic heterocycles. The summed E-state index contributed by atoms with van der Waals surface area (Å²) in [5, 5.41) is 7.73. The molecule has 1 saturated heterocycles. The van der Waals surface area contributed by atoms with Gasteiger partial charge in [-0.3, -0.25) is 0 Å². The molecule has 2 rings (SSSR count). The molecule has 1 atom stereocenters. The van der Waals surface area contributed by atoms with Crippen molar-refractivity contribution < 1.29 is 17.6 Å². The summed E-state index contributed by atoms with van der Waals surface area (Å²) in [6, 6.07) is 5.61. The normalized spacial score (nSPS) is 18.8. The van der Waals surface area contributed by atoms with Crippen LogP contribution in [0.25, 0.3) is 0 Å². The van der Waals surface area contributed by atoms with Crippen molar-refractivity contribution in [3.05, 3.63) is 35.6 Å². The standard InChI is InChI=1S/C13H18FN3O3S/c14-12-3-1-10(2-4-12)7-16-13(18)17-6-5-11(8-17)9-21(15,19)20/h1-4,11H,5-9H2,(H,16,18)(H2,15,19,20). The van der Waals surface area contributed by atoms with Crippen molar-refractivity contribution in [3.8, 4) is 0 Å². The first-order chi connectivity index (χ1) is 9.83. The van der Waals surface area contributed by atoms with E-state index in [1.54, 1.807) is 17.0 Å². The van der Waals surface area contributed by atoms with E-state index in [9.17, 15) is 17.6 Å². The zero-order valence-electron chi connectivity index (χ0n) is 11.5. The Labute approximate surface area is 123 Å². The summed E-state index contributed by atoms with van der Waals surface area (Å²) >= 11 is 0. The third-order valence-corrected chi connectivity index (χ3v) is 4.33. The fourth-order valence-corrected chi connectivity index (χ4v) is 3.30. The molecule has 8 heteroatoms. The van der Waals surface area contributed by atoms with Crippen LogP contribution in [0.3, 0.4) is 0 Å². The van der Waals surface area contributed by atoms with Crippen LogP contribution in [0.4, 0.5) is 9.18 Å². The molecule has 0 aliphatic carbocycles. The Bertz CT molecular complexity index is 604. The van der Waals surface area contributed by atoms with E-state index < -0.39 is 10.0 Å². The van der Waals surface area contributed by atoms with Crippen molar-refractivity contribution in [1.29, 1.82) is 0 Å². The van der Waals surface area contributed by atoms with Gasteiger partial charge in [-0.25, -0.2) is 22.7 Å². The number of carbonyl (C=O) groups excluding carboxylic acids is 1. The Morgan fingerprint density at radius 2 is 2.05 bits per heavy atom. The van der Waals surface area contributed by atoms with Gasteiger partial charge in [0.2, 0.25) is 10.0 Å². The lowest BCUT2D eigenvalue weighted by Crippen LogP contribution is -2.38. The number of nitrogens with two attached hydrogens (primary N) is 1. The lowest BCUT2D eigenvalue weighted by atomic mass is 10.2. The average Bonchev–Trinajstić information content (AvgIpc) is 2.84. The summed E-state index contributed by atoms with van der Waals surface area (Å²) in [6.07, 6.45) is 0.625. The topological polar surface area (TPSA) is 92.5 Å². The lowest BCUT2D eigenvalue weighted by molar-refractivity contribution is 0.207. The fourth-order valence-electron chi connectivity index (χ4n) is 2.37. The van der Waals surface area contributed by atoms with E-state index in [4.69, 9.17) is 5.14 Å². The second-order valence-corrected chi connectivity index (χ2v) is 6.87. The highest BCUT2D eigenvalue weighted by molar-refractivity contribution is 7.89. The van der Waals surface area contributed by atoms with Gasteiger partial charge in [-0.1, -0.05) is 12.1 Å². The molecule has 0 radical (unpaired) electrons. The van der Waals surface area contributed by atoms with Gasteiger partial charge in [-0.2, -0.15) is 0 Å². The number of hydrogen-bond acceptors (Lipinski definition) is 3. The zero-order chi connectivity index (χ0) is 15.5. The Kier molecular flexibility index (Phi) is 4.79. The number of nitrogens with zero attached hydrogens (tertiary/aromatic N) is 1. The highest BCUT2D eigenvalue weighted by Crippen LogP contribution is 2.17. The second kappa shape index (κ2) is 6.40. The van der Waals surface area contributed by atoms with Gasteiger partial charge in [-0.05, 0) is 30.0 Å². The second-order valence-electron chi connectivity index (χ2n) is 5.22. The Hall–Kier alpha value is -1.67. The van der Waals surface area contributed by atoms with Crippen LogP contribution in [0.5, 0.6) is 0 Å². The number of nitrogens with one attached hydrogen (secondary N) is 1. The van der Waals surface area contributed by atoms with Gasteiger partial charge in [0.15, 0.2) is 0 Å². The smallest absolute Gasteiger partial charge is 0.317 e. The molecule has 0 saturated carbocycles. The summed E-state index contributed by atoms with van der Waals surface area (Å²) in [7, 11) is -3.51. The molecule has 2 amide bonds. The Morgan fingerprint density at radius 3 is 2.67 bits per heavy atom. The first-order valence-electron chi connectivity index (χ1n) is 6.61. The van der Waals surface area contributed by atoms with Gasteiger partial charge in [0.25, 0.3) is 0 Å². The number of primary sulfonamides is 1. The van der Waals surface area contributed by atoms with E-state index in [0.717, 1.165) is 5.56 Å². The van der Waals surface area contributed by atoms with Gasteiger partial charge in [0.05, 0.1) is 5.75 Å². The van der Waals surface area contributed by atoms with Crippen molar-refractivity contribution in [2.75, 3.05) is 18.8 Å². The van der Waals surface area contributed by atoms with Crippen LogP contribution in [0, 0.1) is 11.7 Å². The summed E-state index contributed by atoms with van der Waals surface area (Å²) in [6.45, 7) is 1.19. The molecule has 116 valence electrons. The third kappa shape index (κ3) is 4.98. The monoisotopic (exact) mass is 315 g/mol. The van der Waals surface area contributed by atoms with Gasteiger partial charge in [0.1, 0.15) is 5.82 Å². The maximum Gasteiger partial charge on any atom is 0.317 e. The van der Waals surface area contributed by atoms with Crippen molar-refractivity contribution in [2.45, 2.75) is 13.0 Å². The predicted octanol–water partition coefficient (Wildman–Crippen LogP) is 0.646. The molecule has 1 unspecified atom stereocenters. The van der Waals surface area contributed by atoms with E-state index in [0.29, 0.717) is 26.1 Å². The number of carbonyl (C=O) groups is 1. The molecule has 0 spiro atoms. The number of rotatable bonds is 4. The molecule has 3 N–H and O–H groups in total. The fraction of sp³-hybridized carbons (Fsp3) is 0.462. The average molecular weight is 315 g/mol. The van der Waals surface area contributed by atoms with Crippen molar-refractivity contribution in [1.82, 2.24) is 10.2 Å². The first-order valence-corrected chi connectivity index (χ1v) is 8.33. The zero-order valence-corrected chi connectivity index (χ0v) is 12.3. The van der Waals surface area contributed by atoms with Crippen molar-refractivity contribution >= 4 is 16.1 Å². The number of benzene rings is 1. The molecule has 1 heterocycles. The number of likely N-dealkylation sites (tertiary alicyclic amines) is 1. The Morgan fingerprint density at radius 1 is 1.38 bits per heavy atom. The maximum atomic E-state index is 12.8. The number of hydrogen-bond donors (Lipinski definition) is 2. The van der Waals surface area contributed by atoms with Crippen LogP contribution >= 0.6 is 0 Å². The lowest BCUT2D eigenvalue weighted by Gasteiger charge is -2.17.